The van der Waals surface area contributed by atoms with Crippen molar-refractivity contribution in [3.8, 4) is 0 Å². The monoisotopic (exact) mass is 347 g/mol. The highest BCUT2D eigenvalue weighted by Crippen LogP contribution is 2.34. The van der Waals surface area contributed by atoms with E-state index in [9.17, 15) is 0 Å². The van der Waals surface area contributed by atoms with E-state index in [0.29, 0.717) is 0 Å². The molecule has 0 radical (unpaired) electrons. The van der Waals surface area contributed by atoms with E-state index in [1.165, 1.54) is 0 Å². The average molecular weight is 349 g/mol. The highest BCUT2D eigenvalue weighted by atomic mass is 79.9. The summed E-state index contributed by atoms with van der Waals surface area (Å²) in [5.74, 6) is 0. The van der Waals surface area contributed by atoms with Crippen molar-refractivity contribution in [2.24, 2.45) is 0 Å². The summed E-state index contributed by atoms with van der Waals surface area (Å²) in [6, 6.07) is 4.03. The molecule has 0 fully saturated rings. The number of nitrogens with zero attached hydrogens (tertiary/aromatic N) is 1. The van der Waals surface area contributed by atoms with Crippen LogP contribution in [-0.4, -0.2) is 4.98 Å². The Hall–Kier alpha value is -0.120. The van der Waals surface area contributed by atoms with Crippen molar-refractivity contribution in [3.05, 3.63) is 37.4 Å². The molecule has 0 N–H and O–H groups in total. The number of benzene rings is 1. The lowest BCUT2D eigenvalue weighted by molar-refractivity contribution is 1.22. The van der Waals surface area contributed by atoms with Crippen molar-refractivity contribution in [1.82, 2.24) is 4.98 Å². The molecule has 0 aliphatic heterocycles. The van der Waals surface area contributed by atoms with Crippen molar-refractivity contribution in [3.63, 3.8) is 0 Å². The van der Waals surface area contributed by atoms with Crippen LogP contribution in [0.1, 0.15) is 11.3 Å². The average Bonchev–Trinajstić information content (AvgIpc) is 2.17. The number of rotatable bonds is 0. The Labute approximate surface area is 110 Å². The third-order valence-corrected chi connectivity index (χ3v) is 4.34. The number of pyridine rings is 1. The van der Waals surface area contributed by atoms with Crippen LogP contribution < -0.4 is 0 Å². The van der Waals surface area contributed by atoms with Gasteiger partial charge >= 0.3 is 0 Å². The number of fused-ring (bicyclic) bond motifs is 1. The fourth-order valence-corrected chi connectivity index (χ4v) is 2.70. The fraction of sp³-hybridized carbons (Fsp3) is 0.182. The first-order valence-corrected chi connectivity index (χ1v) is 6.38. The Morgan fingerprint density at radius 1 is 1.20 bits per heavy atom. The number of halogens is 3. The van der Waals surface area contributed by atoms with E-state index in [0.717, 1.165) is 36.1 Å². The first-order chi connectivity index (χ1) is 7.00. The molecule has 78 valence electrons. The molecule has 4 heteroatoms. The number of hydrogen-bond donors (Lipinski definition) is 0. The first kappa shape index (κ1) is 11.4. The van der Waals surface area contributed by atoms with E-state index in [4.69, 9.17) is 11.6 Å². The molecule has 1 aromatic heterocycles. The van der Waals surface area contributed by atoms with E-state index >= 15 is 0 Å². The highest BCUT2D eigenvalue weighted by molar-refractivity contribution is 9.10. The molecule has 1 heterocycles. The van der Waals surface area contributed by atoms with Crippen molar-refractivity contribution in [1.29, 1.82) is 0 Å². The van der Waals surface area contributed by atoms with Gasteiger partial charge in [0.25, 0.3) is 0 Å². The van der Waals surface area contributed by atoms with Gasteiger partial charge in [0.15, 0.2) is 0 Å². The standard InChI is InChI=1S/C11H8Br2ClN/c1-5-3-7(12)4-8-10(14)9(13)6(2)15-11(5)8/h3-4H,1-2H3. The molecule has 0 aliphatic carbocycles. The van der Waals surface area contributed by atoms with E-state index in [2.05, 4.69) is 36.8 Å². The molecule has 0 spiro atoms. The lowest BCUT2D eigenvalue weighted by Gasteiger charge is -2.08. The van der Waals surface area contributed by atoms with Gasteiger partial charge in [-0.2, -0.15) is 0 Å². The largest absolute Gasteiger partial charge is 0.252 e. The quantitative estimate of drug-likeness (QED) is 0.650. The molecule has 1 nitrogen and oxygen atoms in total. The third-order valence-electron chi connectivity index (χ3n) is 2.29. The lowest BCUT2D eigenvalue weighted by atomic mass is 10.1. The van der Waals surface area contributed by atoms with Crippen LogP contribution in [0.4, 0.5) is 0 Å². The zero-order valence-electron chi connectivity index (χ0n) is 8.24. The van der Waals surface area contributed by atoms with E-state index in [1.54, 1.807) is 0 Å². The van der Waals surface area contributed by atoms with Crippen LogP contribution in [0, 0.1) is 13.8 Å². The Balaban J connectivity index is 2.98. The molecular formula is C11H8Br2ClN. The summed E-state index contributed by atoms with van der Waals surface area (Å²) < 4.78 is 1.89. The second-order valence-electron chi connectivity index (χ2n) is 3.44. The summed E-state index contributed by atoms with van der Waals surface area (Å²) >= 11 is 13.2. The molecule has 15 heavy (non-hydrogen) atoms. The molecule has 0 amide bonds. The van der Waals surface area contributed by atoms with Crippen LogP contribution in [0.25, 0.3) is 10.9 Å². The van der Waals surface area contributed by atoms with Crippen LogP contribution in [0.2, 0.25) is 5.02 Å². The zero-order chi connectivity index (χ0) is 11.2. The number of aryl methyl sites for hydroxylation is 2. The van der Waals surface area contributed by atoms with Gasteiger partial charge in [0.2, 0.25) is 0 Å². The maximum Gasteiger partial charge on any atom is 0.0750 e. The van der Waals surface area contributed by atoms with Crippen LogP contribution in [0.3, 0.4) is 0 Å². The molecule has 2 rings (SSSR count). The van der Waals surface area contributed by atoms with Gasteiger partial charge in [-0.15, -0.1) is 0 Å². The minimum absolute atomic E-state index is 0.724. The molecule has 0 saturated carbocycles. The lowest BCUT2D eigenvalue weighted by Crippen LogP contribution is -1.90. The molecule has 2 aromatic rings. The Morgan fingerprint density at radius 3 is 2.53 bits per heavy atom. The van der Waals surface area contributed by atoms with Gasteiger partial charge < -0.3 is 0 Å². The topological polar surface area (TPSA) is 12.9 Å². The second kappa shape index (κ2) is 4.04. The smallest absolute Gasteiger partial charge is 0.0750 e. The first-order valence-electron chi connectivity index (χ1n) is 4.42. The number of hydrogen-bond acceptors (Lipinski definition) is 1. The molecule has 0 aliphatic rings. The molecule has 1 aromatic carbocycles. The van der Waals surface area contributed by atoms with Gasteiger partial charge in [-0.1, -0.05) is 27.5 Å². The minimum atomic E-state index is 0.724. The summed E-state index contributed by atoms with van der Waals surface area (Å²) in [5, 5.41) is 1.70. The summed E-state index contributed by atoms with van der Waals surface area (Å²) in [5.41, 5.74) is 3.00. The summed E-state index contributed by atoms with van der Waals surface area (Å²) in [6.45, 7) is 3.97. The van der Waals surface area contributed by atoms with Gasteiger partial charge in [0.1, 0.15) is 0 Å². The van der Waals surface area contributed by atoms with Gasteiger partial charge in [0.05, 0.1) is 20.7 Å². The summed E-state index contributed by atoms with van der Waals surface area (Å²) in [6.07, 6.45) is 0. The molecule has 0 unspecified atom stereocenters. The fourth-order valence-electron chi connectivity index (χ4n) is 1.55. The predicted octanol–water partition coefficient (Wildman–Crippen LogP) is 5.03. The molecule has 0 saturated heterocycles. The Kier molecular flexibility index (Phi) is 3.06. The molecule has 0 atom stereocenters. The van der Waals surface area contributed by atoms with Gasteiger partial charge in [0, 0.05) is 9.86 Å². The van der Waals surface area contributed by atoms with E-state index in [-0.39, 0.29) is 0 Å². The van der Waals surface area contributed by atoms with Crippen molar-refractivity contribution < 1.29 is 0 Å². The summed E-state index contributed by atoms with van der Waals surface area (Å²) in [4.78, 5) is 4.52. The molecular weight excluding hydrogens is 341 g/mol. The SMILES string of the molecule is Cc1nc2c(C)cc(Br)cc2c(Cl)c1Br. The zero-order valence-corrected chi connectivity index (χ0v) is 12.2. The predicted molar refractivity (Wildman–Crippen MR) is 71.6 cm³/mol. The van der Waals surface area contributed by atoms with Crippen LogP contribution in [-0.2, 0) is 0 Å². The Morgan fingerprint density at radius 2 is 1.87 bits per heavy atom. The second-order valence-corrected chi connectivity index (χ2v) is 5.53. The van der Waals surface area contributed by atoms with E-state index in [1.807, 2.05) is 26.0 Å². The third kappa shape index (κ3) is 1.93. The van der Waals surface area contributed by atoms with Gasteiger partial charge in [-0.05, 0) is 47.5 Å². The highest BCUT2D eigenvalue weighted by Gasteiger charge is 2.10. The van der Waals surface area contributed by atoms with Crippen LogP contribution in [0.5, 0.6) is 0 Å². The maximum atomic E-state index is 6.27. The van der Waals surface area contributed by atoms with E-state index < -0.39 is 0 Å². The normalized spacial score (nSPS) is 11.0. The van der Waals surface area contributed by atoms with Crippen LogP contribution in [0.15, 0.2) is 21.1 Å². The van der Waals surface area contributed by atoms with Crippen molar-refractivity contribution >= 4 is 54.4 Å². The van der Waals surface area contributed by atoms with Gasteiger partial charge in [-0.25, -0.2) is 0 Å². The Bertz CT molecular complexity index is 552. The molecule has 0 bridgehead atoms. The van der Waals surface area contributed by atoms with Crippen molar-refractivity contribution in [2.75, 3.05) is 0 Å². The number of aromatic nitrogens is 1. The van der Waals surface area contributed by atoms with Crippen molar-refractivity contribution in [2.45, 2.75) is 13.8 Å². The van der Waals surface area contributed by atoms with Gasteiger partial charge in [-0.3, -0.25) is 4.98 Å². The minimum Gasteiger partial charge on any atom is -0.252 e. The van der Waals surface area contributed by atoms with Crippen LogP contribution >= 0.6 is 43.5 Å². The maximum absolute atomic E-state index is 6.27. The summed E-state index contributed by atoms with van der Waals surface area (Å²) in [7, 11) is 0.